The van der Waals surface area contributed by atoms with Crippen LogP contribution in [0.25, 0.3) is 0 Å². The summed E-state index contributed by atoms with van der Waals surface area (Å²) in [5, 5.41) is 2.89. The second kappa shape index (κ2) is 6.81. The maximum atomic E-state index is 12.0. The molecule has 0 unspecified atom stereocenters. The number of para-hydroxylation sites is 1. The number of likely N-dealkylation sites (N-methyl/N-ethyl adjacent to an activating group) is 1. The molecule has 0 bridgehead atoms. The lowest BCUT2D eigenvalue weighted by Crippen LogP contribution is -2.24. The molecule has 1 saturated heterocycles. The minimum absolute atomic E-state index is 0.0817. The number of carbonyl (C=O) groups excluding carboxylic acids is 1. The second-order valence-corrected chi connectivity index (χ2v) is 5.60. The third kappa shape index (κ3) is 3.50. The molecule has 4 heteroatoms. The van der Waals surface area contributed by atoms with Gasteiger partial charge in [0.15, 0.2) is 5.78 Å². The third-order valence-electron chi connectivity index (χ3n) is 2.99. The second-order valence-electron chi connectivity index (χ2n) is 4.38. The van der Waals surface area contributed by atoms with Gasteiger partial charge in [-0.25, -0.2) is 0 Å². The number of Topliss-reactive ketones (excluding diaryl/α,β-unsaturated/α-hetero) is 1. The number of hydrogen-bond donors (Lipinski definition) is 1. The van der Waals surface area contributed by atoms with E-state index in [-0.39, 0.29) is 11.9 Å². The van der Waals surface area contributed by atoms with Gasteiger partial charge in [0.1, 0.15) is 11.9 Å². The molecule has 0 spiro atoms. The van der Waals surface area contributed by atoms with Gasteiger partial charge in [0, 0.05) is 0 Å². The Morgan fingerprint density at radius 1 is 1.39 bits per heavy atom. The van der Waals surface area contributed by atoms with Crippen LogP contribution in [-0.4, -0.2) is 37.0 Å². The van der Waals surface area contributed by atoms with Crippen molar-refractivity contribution in [2.24, 2.45) is 0 Å². The van der Waals surface area contributed by atoms with Crippen molar-refractivity contribution >= 4 is 17.5 Å². The maximum Gasteiger partial charge on any atom is 0.180 e. The minimum Gasteiger partial charge on any atom is -0.490 e. The molecule has 2 rings (SSSR count). The van der Waals surface area contributed by atoms with E-state index >= 15 is 0 Å². The zero-order valence-corrected chi connectivity index (χ0v) is 11.5. The molecule has 98 valence electrons. The Bertz CT molecular complexity index is 403. The fraction of sp³-hybridized carbons (Fsp3) is 0.500. The Labute approximate surface area is 112 Å². The molecule has 0 aliphatic carbocycles. The van der Waals surface area contributed by atoms with Crippen molar-refractivity contribution in [1.82, 2.24) is 5.32 Å². The summed E-state index contributed by atoms with van der Waals surface area (Å²) in [5.74, 6) is 3.11. The first-order valence-corrected chi connectivity index (χ1v) is 7.48. The normalized spacial score (nSPS) is 16.5. The highest BCUT2D eigenvalue weighted by atomic mass is 32.2. The van der Waals surface area contributed by atoms with Crippen molar-refractivity contribution in [3.8, 4) is 5.75 Å². The van der Waals surface area contributed by atoms with Crippen molar-refractivity contribution in [1.29, 1.82) is 0 Å². The molecule has 1 heterocycles. The molecule has 0 radical (unpaired) electrons. The van der Waals surface area contributed by atoms with Gasteiger partial charge in [-0.3, -0.25) is 4.79 Å². The summed E-state index contributed by atoms with van der Waals surface area (Å²) in [6, 6.07) is 7.53. The van der Waals surface area contributed by atoms with Crippen LogP contribution in [0.2, 0.25) is 0 Å². The number of ketones is 1. The van der Waals surface area contributed by atoms with Crippen LogP contribution in [0.15, 0.2) is 24.3 Å². The maximum absolute atomic E-state index is 12.0. The van der Waals surface area contributed by atoms with Crippen LogP contribution in [0, 0.1) is 0 Å². The largest absolute Gasteiger partial charge is 0.490 e. The SMILES string of the molecule is CNCC(=O)c1ccccc1OC1CCSCC1. The minimum atomic E-state index is 0.0817. The molecule has 3 nitrogen and oxygen atoms in total. The van der Waals surface area contributed by atoms with Gasteiger partial charge >= 0.3 is 0 Å². The molecule has 0 saturated carbocycles. The molecule has 1 aliphatic rings. The summed E-state index contributed by atoms with van der Waals surface area (Å²) in [7, 11) is 1.78. The van der Waals surface area contributed by atoms with Gasteiger partial charge in [-0.15, -0.1) is 0 Å². The molecule has 1 aliphatic heterocycles. The van der Waals surface area contributed by atoms with Crippen LogP contribution in [0.3, 0.4) is 0 Å². The average Bonchev–Trinajstić information content (AvgIpc) is 2.41. The van der Waals surface area contributed by atoms with Crippen LogP contribution >= 0.6 is 11.8 Å². The Kier molecular flexibility index (Phi) is 5.08. The fourth-order valence-electron chi connectivity index (χ4n) is 2.03. The zero-order valence-electron chi connectivity index (χ0n) is 10.6. The Morgan fingerprint density at radius 3 is 2.83 bits per heavy atom. The molecular formula is C14H19NO2S. The highest BCUT2D eigenvalue weighted by Gasteiger charge is 2.18. The Balaban J connectivity index is 2.08. The predicted octanol–water partition coefficient (Wildman–Crippen LogP) is 2.36. The third-order valence-corrected chi connectivity index (χ3v) is 4.04. The van der Waals surface area contributed by atoms with E-state index < -0.39 is 0 Å². The van der Waals surface area contributed by atoms with Gasteiger partial charge < -0.3 is 10.1 Å². The number of hydrogen-bond acceptors (Lipinski definition) is 4. The summed E-state index contributed by atoms with van der Waals surface area (Å²) in [5.41, 5.74) is 0.685. The van der Waals surface area contributed by atoms with E-state index in [2.05, 4.69) is 5.32 Å². The van der Waals surface area contributed by atoms with E-state index in [4.69, 9.17) is 4.74 Å². The average molecular weight is 265 g/mol. The van der Waals surface area contributed by atoms with Gasteiger partial charge in [0.2, 0.25) is 0 Å². The molecular weight excluding hydrogens is 246 g/mol. The smallest absolute Gasteiger partial charge is 0.180 e. The monoisotopic (exact) mass is 265 g/mol. The first kappa shape index (κ1) is 13.4. The van der Waals surface area contributed by atoms with Crippen molar-refractivity contribution in [2.75, 3.05) is 25.1 Å². The molecule has 1 fully saturated rings. The summed E-state index contributed by atoms with van der Waals surface area (Å²) in [6.45, 7) is 0.348. The summed E-state index contributed by atoms with van der Waals surface area (Å²) in [6.07, 6.45) is 2.40. The lowest BCUT2D eigenvalue weighted by molar-refractivity contribution is 0.0985. The molecule has 0 atom stereocenters. The molecule has 0 amide bonds. The first-order valence-electron chi connectivity index (χ1n) is 6.32. The summed E-state index contributed by atoms with van der Waals surface area (Å²) in [4.78, 5) is 12.0. The predicted molar refractivity (Wildman–Crippen MR) is 75.7 cm³/mol. The van der Waals surface area contributed by atoms with Crippen molar-refractivity contribution in [3.63, 3.8) is 0 Å². The van der Waals surface area contributed by atoms with Gasteiger partial charge in [-0.2, -0.15) is 11.8 Å². The van der Waals surface area contributed by atoms with Crippen LogP contribution in [0.4, 0.5) is 0 Å². The van der Waals surface area contributed by atoms with Crippen molar-refractivity contribution < 1.29 is 9.53 Å². The van der Waals surface area contributed by atoms with Crippen molar-refractivity contribution in [3.05, 3.63) is 29.8 Å². The number of carbonyl (C=O) groups is 1. The van der Waals surface area contributed by atoms with E-state index in [1.165, 1.54) is 0 Å². The number of rotatable bonds is 5. The number of ether oxygens (including phenoxy) is 1. The molecule has 1 aromatic rings. The summed E-state index contributed by atoms with van der Waals surface area (Å²) < 4.78 is 5.99. The topological polar surface area (TPSA) is 38.3 Å². The van der Waals surface area contributed by atoms with Crippen LogP contribution < -0.4 is 10.1 Å². The number of thioether (sulfide) groups is 1. The molecule has 18 heavy (non-hydrogen) atoms. The Morgan fingerprint density at radius 2 is 2.11 bits per heavy atom. The standard InChI is InChI=1S/C14H19NO2S/c1-15-10-13(16)12-4-2-3-5-14(12)17-11-6-8-18-9-7-11/h2-5,11,15H,6-10H2,1H3. The number of nitrogens with one attached hydrogen (secondary N) is 1. The number of benzene rings is 1. The molecule has 1 N–H and O–H groups in total. The van der Waals surface area contributed by atoms with E-state index in [9.17, 15) is 4.79 Å². The fourth-order valence-corrected chi connectivity index (χ4v) is 3.09. The van der Waals surface area contributed by atoms with E-state index in [1.54, 1.807) is 7.05 Å². The highest BCUT2D eigenvalue weighted by molar-refractivity contribution is 7.99. The van der Waals surface area contributed by atoms with E-state index in [1.807, 2.05) is 36.0 Å². The molecule has 1 aromatic carbocycles. The summed E-state index contributed by atoms with van der Waals surface area (Å²) >= 11 is 1.97. The van der Waals surface area contributed by atoms with Crippen LogP contribution in [-0.2, 0) is 0 Å². The first-order chi connectivity index (χ1) is 8.81. The quantitative estimate of drug-likeness (QED) is 0.830. The highest BCUT2D eigenvalue weighted by Crippen LogP contribution is 2.25. The van der Waals surface area contributed by atoms with Gasteiger partial charge in [0.25, 0.3) is 0 Å². The lowest BCUT2D eigenvalue weighted by atomic mass is 10.1. The van der Waals surface area contributed by atoms with E-state index in [0.29, 0.717) is 12.1 Å². The van der Waals surface area contributed by atoms with Crippen molar-refractivity contribution in [2.45, 2.75) is 18.9 Å². The lowest BCUT2D eigenvalue weighted by Gasteiger charge is -2.23. The van der Waals surface area contributed by atoms with Crippen LogP contribution in [0.1, 0.15) is 23.2 Å². The Hall–Kier alpha value is -1.000. The van der Waals surface area contributed by atoms with Gasteiger partial charge in [-0.1, -0.05) is 12.1 Å². The van der Waals surface area contributed by atoms with E-state index in [0.717, 1.165) is 30.1 Å². The van der Waals surface area contributed by atoms with Crippen LogP contribution in [0.5, 0.6) is 5.75 Å². The van der Waals surface area contributed by atoms with Gasteiger partial charge in [-0.05, 0) is 43.5 Å². The zero-order chi connectivity index (χ0) is 12.8. The molecule has 0 aromatic heterocycles. The van der Waals surface area contributed by atoms with Gasteiger partial charge in [0.05, 0.1) is 12.1 Å².